The SMILES string of the molecule is CN=C(N)NC(=O)CCc1ccc(-c2cccc(CC(=O)N3CCCCC3)c2)c(OCCCOC)c1. The maximum Gasteiger partial charge on any atom is 0.226 e. The maximum absolute atomic E-state index is 12.8. The van der Waals surface area contributed by atoms with Gasteiger partial charge in [0.05, 0.1) is 13.0 Å². The molecule has 2 aromatic rings. The van der Waals surface area contributed by atoms with E-state index in [0.717, 1.165) is 60.4 Å². The number of carbonyl (C=O) groups excluding carboxylic acids is 2. The summed E-state index contributed by atoms with van der Waals surface area (Å²) >= 11 is 0. The average Bonchev–Trinajstić information content (AvgIpc) is 2.90. The molecule has 8 nitrogen and oxygen atoms in total. The highest BCUT2D eigenvalue weighted by molar-refractivity contribution is 5.96. The van der Waals surface area contributed by atoms with Gasteiger partial charge < -0.3 is 20.1 Å². The Hall–Kier alpha value is -3.39. The molecule has 1 aliphatic rings. The molecule has 2 amide bonds. The molecule has 1 fully saturated rings. The quantitative estimate of drug-likeness (QED) is 0.283. The van der Waals surface area contributed by atoms with Crippen LogP contribution in [0, 0.1) is 0 Å². The molecule has 1 heterocycles. The van der Waals surface area contributed by atoms with Crippen molar-refractivity contribution in [3.8, 4) is 16.9 Å². The second-order valence-corrected chi connectivity index (χ2v) is 9.00. The fourth-order valence-electron chi connectivity index (χ4n) is 4.26. The van der Waals surface area contributed by atoms with Gasteiger partial charge >= 0.3 is 0 Å². The number of hydrogen-bond donors (Lipinski definition) is 2. The number of benzene rings is 2. The fourth-order valence-corrected chi connectivity index (χ4v) is 4.26. The summed E-state index contributed by atoms with van der Waals surface area (Å²) in [6.45, 7) is 2.84. The van der Waals surface area contributed by atoms with Crippen molar-refractivity contribution >= 4 is 17.8 Å². The van der Waals surface area contributed by atoms with Crippen LogP contribution < -0.4 is 15.8 Å². The molecule has 0 radical (unpaired) electrons. The molecule has 0 bridgehead atoms. The molecule has 0 saturated carbocycles. The summed E-state index contributed by atoms with van der Waals surface area (Å²) in [7, 11) is 3.20. The van der Waals surface area contributed by atoms with E-state index in [9.17, 15) is 9.59 Å². The highest BCUT2D eigenvalue weighted by Crippen LogP contribution is 2.32. The van der Waals surface area contributed by atoms with Gasteiger partial charge in [-0.05, 0) is 48.4 Å². The van der Waals surface area contributed by atoms with Crippen molar-refractivity contribution in [3.05, 3.63) is 53.6 Å². The number of aryl methyl sites for hydroxylation is 1. The van der Waals surface area contributed by atoms with E-state index in [1.807, 2.05) is 41.3 Å². The molecule has 0 spiro atoms. The topological polar surface area (TPSA) is 106 Å². The third-order valence-electron chi connectivity index (χ3n) is 6.25. The Morgan fingerprint density at radius 1 is 1.06 bits per heavy atom. The standard InChI is InChI=1S/C28H38N4O4/c1-30-28(29)31-26(33)13-11-21-10-12-24(25(19-21)36-17-7-16-35-2)23-9-6-8-22(18-23)20-27(34)32-14-4-3-5-15-32/h6,8-10,12,18-19H,3-5,7,11,13-17,20H2,1-2H3,(H3,29,30,31,33). The maximum atomic E-state index is 12.8. The Morgan fingerprint density at radius 2 is 1.86 bits per heavy atom. The molecule has 8 heteroatoms. The number of piperidine rings is 1. The van der Waals surface area contributed by atoms with E-state index in [0.29, 0.717) is 26.1 Å². The summed E-state index contributed by atoms with van der Waals surface area (Å²) in [5.41, 5.74) is 9.51. The molecule has 3 rings (SSSR count). The molecule has 0 atom stereocenters. The molecule has 3 N–H and O–H groups in total. The lowest BCUT2D eigenvalue weighted by Gasteiger charge is -2.26. The Morgan fingerprint density at radius 3 is 2.61 bits per heavy atom. The monoisotopic (exact) mass is 494 g/mol. The van der Waals surface area contributed by atoms with Gasteiger partial charge in [0.2, 0.25) is 11.8 Å². The lowest BCUT2D eigenvalue weighted by molar-refractivity contribution is -0.131. The van der Waals surface area contributed by atoms with Crippen LogP contribution in [0.5, 0.6) is 5.75 Å². The van der Waals surface area contributed by atoms with Crippen molar-refractivity contribution in [2.24, 2.45) is 10.7 Å². The molecule has 0 aliphatic carbocycles. The molecule has 2 aromatic carbocycles. The zero-order valence-corrected chi connectivity index (χ0v) is 21.4. The van der Waals surface area contributed by atoms with Gasteiger partial charge in [-0.3, -0.25) is 19.9 Å². The molecule has 1 aliphatic heterocycles. The van der Waals surface area contributed by atoms with Crippen LogP contribution in [0.4, 0.5) is 0 Å². The molecular formula is C28H38N4O4. The van der Waals surface area contributed by atoms with E-state index in [2.05, 4.69) is 16.4 Å². The number of nitrogens with one attached hydrogen (secondary N) is 1. The Kier molecular flexibility index (Phi) is 10.8. The molecule has 0 aromatic heterocycles. The summed E-state index contributed by atoms with van der Waals surface area (Å²) < 4.78 is 11.3. The number of carbonyl (C=O) groups is 2. The van der Waals surface area contributed by atoms with Gasteiger partial charge in [0, 0.05) is 52.3 Å². The second-order valence-electron chi connectivity index (χ2n) is 9.00. The minimum absolute atomic E-state index is 0.108. The third-order valence-corrected chi connectivity index (χ3v) is 6.25. The van der Waals surface area contributed by atoms with Crippen LogP contribution in [0.2, 0.25) is 0 Å². The number of likely N-dealkylation sites (tertiary alicyclic amines) is 1. The van der Waals surface area contributed by atoms with Crippen LogP contribution in [-0.4, -0.2) is 63.1 Å². The third kappa shape index (κ3) is 8.37. The number of nitrogens with two attached hydrogens (primary N) is 1. The van der Waals surface area contributed by atoms with Crippen LogP contribution in [0.25, 0.3) is 11.1 Å². The van der Waals surface area contributed by atoms with Gasteiger partial charge in [0.15, 0.2) is 5.96 Å². The highest BCUT2D eigenvalue weighted by Gasteiger charge is 2.17. The molecule has 194 valence electrons. The molecule has 36 heavy (non-hydrogen) atoms. The lowest BCUT2D eigenvalue weighted by Crippen LogP contribution is -2.36. The number of ether oxygens (including phenoxy) is 2. The van der Waals surface area contributed by atoms with Gasteiger partial charge in [-0.2, -0.15) is 0 Å². The van der Waals surface area contributed by atoms with Gasteiger partial charge in [0.1, 0.15) is 5.75 Å². The van der Waals surface area contributed by atoms with E-state index >= 15 is 0 Å². The van der Waals surface area contributed by atoms with Crippen molar-refractivity contribution in [1.82, 2.24) is 10.2 Å². The lowest BCUT2D eigenvalue weighted by atomic mass is 9.98. The first kappa shape index (κ1) is 27.2. The number of methoxy groups -OCH3 is 1. The van der Waals surface area contributed by atoms with Crippen molar-refractivity contribution in [2.45, 2.75) is 44.9 Å². The van der Waals surface area contributed by atoms with E-state index in [1.165, 1.54) is 13.5 Å². The number of nitrogens with zero attached hydrogens (tertiary/aromatic N) is 2. The van der Waals surface area contributed by atoms with Gasteiger partial charge in [-0.1, -0.05) is 36.4 Å². The predicted octanol–water partition coefficient (Wildman–Crippen LogP) is 3.32. The van der Waals surface area contributed by atoms with Crippen LogP contribution in [0.1, 0.15) is 43.2 Å². The van der Waals surface area contributed by atoms with Crippen molar-refractivity contribution < 1.29 is 19.1 Å². The van der Waals surface area contributed by atoms with Gasteiger partial charge in [0.25, 0.3) is 0 Å². The Balaban J connectivity index is 1.75. The summed E-state index contributed by atoms with van der Waals surface area (Å²) in [5, 5.41) is 2.56. The first-order valence-corrected chi connectivity index (χ1v) is 12.6. The summed E-state index contributed by atoms with van der Waals surface area (Å²) in [6, 6.07) is 14.1. The largest absolute Gasteiger partial charge is 0.493 e. The zero-order valence-electron chi connectivity index (χ0n) is 21.4. The van der Waals surface area contributed by atoms with Crippen molar-refractivity contribution in [2.75, 3.05) is 40.5 Å². The van der Waals surface area contributed by atoms with Crippen molar-refractivity contribution in [3.63, 3.8) is 0 Å². The van der Waals surface area contributed by atoms with E-state index in [1.54, 1.807) is 7.11 Å². The van der Waals surface area contributed by atoms with Crippen LogP contribution in [-0.2, 0) is 27.2 Å². The normalized spacial score (nSPS) is 13.9. The molecular weight excluding hydrogens is 456 g/mol. The van der Waals surface area contributed by atoms with E-state index < -0.39 is 0 Å². The Bertz CT molecular complexity index is 1050. The Labute approximate surface area is 213 Å². The molecule has 1 saturated heterocycles. The first-order chi connectivity index (χ1) is 17.5. The summed E-state index contributed by atoms with van der Waals surface area (Å²) in [6.07, 6.45) is 5.37. The predicted molar refractivity (Wildman–Crippen MR) is 142 cm³/mol. The number of guanidine groups is 1. The summed E-state index contributed by atoms with van der Waals surface area (Å²) in [4.78, 5) is 30.6. The molecule has 0 unspecified atom stereocenters. The minimum Gasteiger partial charge on any atom is -0.493 e. The smallest absolute Gasteiger partial charge is 0.226 e. The van der Waals surface area contributed by atoms with Crippen LogP contribution in [0.15, 0.2) is 47.5 Å². The van der Waals surface area contributed by atoms with Crippen LogP contribution in [0.3, 0.4) is 0 Å². The van der Waals surface area contributed by atoms with Crippen molar-refractivity contribution in [1.29, 1.82) is 0 Å². The zero-order chi connectivity index (χ0) is 25.8. The van der Waals surface area contributed by atoms with Crippen LogP contribution >= 0.6 is 0 Å². The fraction of sp³-hybridized carbons (Fsp3) is 0.464. The number of hydrogen-bond acceptors (Lipinski definition) is 5. The number of aliphatic imine (C=N–C) groups is 1. The van der Waals surface area contributed by atoms with E-state index in [4.69, 9.17) is 15.2 Å². The average molecular weight is 495 g/mol. The summed E-state index contributed by atoms with van der Waals surface area (Å²) in [5.74, 6) is 0.857. The van der Waals surface area contributed by atoms with Gasteiger partial charge in [-0.25, -0.2) is 0 Å². The number of rotatable bonds is 11. The van der Waals surface area contributed by atoms with E-state index in [-0.39, 0.29) is 24.2 Å². The number of amides is 2. The van der Waals surface area contributed by atoms with Gasteiger partial charge in [-0.15, -0.1) is 0 Å². The second kappa shape index (κ2) is 14.2. The highest BCUT2D eigenvalue weighted by atomic mass is 16.5. The minimum atomic E-state index is -0.184. The first-order valence-electron chi connectivity index (χ1n) is 12.6.